The maximum Gasteiger partial charge on any atom is 0.397 e. The zero-order valence-electron chi connectivity index (χ0n) is 18.4. The first kappa shape index (κ1) is 27.8. The Kier molecular flexibility index (Phi) is 9.27. The minimum absolute atomic E-state index is 0.0813. The number of hydrogen-bond acceptors (Lipinski definition) is 10. The largest absolute Gasteiger partial charge is 0.397 e. The van der Waals surface area contributed by atoms with Gasteiger partial charge in [0.1, 0.15) is 5.88 Å². The van der Waals surface area contributed by atoms with E-state index in [0.29, 0.717) is 29.9 Å². The van der Waals surface area contributed by atoms with E-state index in [1.54, 1.807) is 12.1 Å². The Labute approximate surface area is 198 Å². The first-order chi connectivity index (χ1) is 15.7. The van der Waals surface area contributed by atoms with Gasteiger partial charge in [0.25, 0.3) is 10.1 Å². The number of rotatable bonds is 12. The highest BCUT2D eigenvalue weighted by atomic mass is 32.3. The van der Waals surface area contributed by atoms with E-state index < -0.39 is 48.6 Å². The molecule has 0 aliphatic carbocycles. The summed E-state index contributed by atoms with van der Waals surface area (Å²) in [6.07, 6.45) is 1.13. The number of sulfone groups is 1. The van der Waals surface area contributed by atoms with Crippen LogP contribution >= 0.6 is 0 Å². The third-order valence-electron chi connectivity index (χ3n) is 4.56. The van der Waals surface area contributed by atoms with Gasteiger partial charge >= 0.3 is 10.4 Å². The second-order valence-corrected chi connectivity index (χ2v) is 11.7. The molecule has 0 unspecified atom stereocenters. The SMILES string of the molecule is CCc1cc(NCS(=O)(=O)O)c(CC)cc1/N=N/c1ccc(S(=O)(=O)CCOS(=O)(=O)O)cc1. The second kappa shape index (κ2) is 11.3. The number of aryl methyl sites for hydroxylation is 2. The van der Waals surface area contributed by atoms with Crippen molar-refractivity contribution < 1.29 is 38.5 Å². The van der Waals surface area contributed by atoms with Crippen molar-refractivity contribution in [3.8, 4) is 0 Å². The Morgan fingerprint density at radius 3 is 2.03 bits per heavy atom. The lowest BCUT2D eigenvalue weighted by molar-refractivity contribution is 0.284. The zero-order valence-corrected chi connectivity index (χ0v) is 20.8. The smallest absolute Gasteiger partial charge is 0.369 e. The number of hydrogen-bond donors (Lipinski definition) is 3. The summed E-state index contributed by atoms with van der Waals surface area (Å²) in [6, 6.07) is 8.92. The summed E-state index contributed by atoms with van der Waals surface area (Å²) in [7, 11) is -12.8. The molecular weight excluding hydrogens is 510 g/mol. The molecular formula is C19H25N3O9S3. The van der Waals surface area contributed by atoms with Crippen molar-refractivity contribution >= 4 is 47.4 Å². The molecule has 0 atom stereocenters. The fraction of sp³-hybridized carbons (Fsp3) is 0.368. The molecule has 0 aliphatic rings. The summed E-state index contributed by atoms with van der Waals surface area (Å²) < 4.78 is 89.2. The third kappa shape index (κ3) is 8.73. The van der Waals surface area contributed by atoms with Crippen LogP contribution < -0.4 is 5.32 Å². The topological polar surface area (TPSA) is 189 Å². The van der Waals surface area contributed by atoms with E-state index in [-0.39, 0.29) is 4.90 Å². The average molecular weight is 536 g/mol. The van der Waals surface area contributed by atoms with E-state index in [0.717, 1.165) is 11.1 Å². The van der Waals surface area contributed by atoms with Crippen LogP contribution in [0.4, 0.5) is 17.1 Å². The second-order valence-electron chi connectivity index (χ2n) is 7.01. The van der Waals surface area contributed by atoms with Crippen molar-refractivity contribution in [2.24, 2.45) is 10.2 Å². The molecule has 15 heteroatoms. The number of nitrogens with zero attached hydrogens (tertiary/aromatic N) is 2. The van der Waals surface area contributed by atoms with E-state index in [2.05, 4.69) is 19.7 Å². The van der Waals surface area contributed by atoms with Gasteiger partial charge in [-0.2, -0.15) is 27.1 Å². The first-order valence-electron chi connectivity index (χ1n) is 9.95. The van der Waals surface area contributed by atoms with Crippen LogP contribution in [0.3, 0.4) is 0 Å². The van der Waals surface area contributed by atoms with Gasteiger partial charge in [-0.15, -0.1) is 0 Å². The summed E-state index contributed by atoms with van der Waals surface area (Å²) in [5.41, 5.74) is 3.02. The first-order valence-corrected chi connectivity index (χ1v) is 14.6. The summed E-state index contributed by atoms with van der Waals surface area (Å²) >= 11 is 0. The maximum atomic E-state index is 12.2. The molecule has 0 bridgehead atoms. The van der Waals surface area contributed by atoms with Gasteiger partial charge < -0.3 is 5.32 Å². The predicted molar refractivity (Wildman–Crippen MR) is 125 cm³/mol. The molecule has 34 heavy (non-hydrogen) atoms. The lowest BCUT2D eigenvalue weighted by Gasteiger charge is -2.13. The van der Waals surface area contributed by atoms with Crippen molar-refractivity contribution in [1.82, 2.24) is 0 Å². The van der Waals surface area contributed by atoms with Crippen LogP contribution in [-0.4, -0.2) is 52.6 Å². The molecule has 0 heterocycles. The number of azo groups is 1. The highest BCUT2D eigenvalue weighted by molar-refractivity contribution is 7.91. The monoisotopic (exact) mass is 535 g/mol. The summed E-state index contributed by atoms with van der Waals surface area (Å²) in [5.74, 6) is -1.27. The number of anilines is 1. The molecule has 2 rings (SSSR count). The van der Waals surface area contributed by atoms with Gasteiger partial charge in [0.05, 0.1) is 28.6 Å². The minimum atomic E-state index is -4.73. The van der Waals surface area contributed by atoms with Gasteiger partial charge in [-0.1, -0.05) is 13.8 Å². The highest BCUT2D eigenvalue weighted by Gasteiger charge is 2.16. The lowest BCUT2D eigenvalue weighted by atomic mass is 10.0. The molecule has 2 aromatic carbocycles. The van der Waals surface area contributed by atoms with Gasteiger partial charge in [-0.3, -0.25) is 9.11 Å². The van der Waals surface area contributed by atoms with Crippen molar-refractivity contribution in [2.75, 3.05) is 23.6 Å². The standard InChI is InChI=1S/C19H25N3O9S3/c1-3-14-12-19(15(4-2)11-18(14)20-13-33(25,26)27)22-21-16-5-7-17(8-6-16)32(23,24)10-9-31-34(28,29)30/h5-8,11-12,20H,3-4,9-10,13H2,1-2H3,(H,25,26,27)(H,28,29,30)/b22-21+. The van der Waals surface area contributed by atoms with Crippen molar-refractivity contribution in [3.63, 3.8) is 0 Å². The van der Waals surface area contributed by atoms with Gasteiger partial charge in [0.2, 0.25) is 0 Å². The van der Waals surface area contributed by atoms with Crippen molar-refractivity contribution in [1.29, 1.82) is 0 Å². The Bertz CT molecular complexity index is 1350. The quantitative estimate of drug-likeness (QED) is 0.269. The lowest BCUT2D eigenvalue weighted by Crippen LogP contribution is -2.15. The van der Waals surface area contributed by atoms with E-state index in [4.69, 9.17) is 9.11 Å². The maximum absolute atomic E-state index is 12.2. The molecule has 0 spiro atoms. The molecule has 0 radical (unpaired) electrons. The molecule has 0 aliphatic heterocycles. The van der Waals surface area contributed by atoms with Gasteiger partial charge in [0.15, 0.2) is 9.84 Å². The van der Waals surface area contributed by atoms with Gasteiger partial charge in [-0.05, 0) is 60.4 Å². The highest BCUT2D eigenvalue weighted by Crippen LogP contribution is 2.30. The van der Waals surface area contributed by atoms with Crippen LogP contribution in [0.1, 0.15) is 25.0 Å². The molecule has 0 saturated heterocycles. The average Bonchev–Trinajstić information content (AvgIpc) is 2.74. The Hall–Kier alpha value is -2.43. The predicted octanol–water partition coefficient (Wildman–Crippen LogP) is 3.08. The molecule has 12 nitrogen and oxygen atoms in total. The van der Waals surface area contributed by atoms with Crippen LogP contribution in [0.25, 0.3) is 0 Å². The van der Waals surface area contributed by atoms with Crippen LogP contribution in [0.15, 0.2) is 51.5 Å². The normalized spacial score (nSPS) is 12.8. The van der Waals surface area contributed by atoms with Gasteiger partial charge in [-0.25, -0.2) is 12.6 Å². The minimum Gasteiger partial charge on any atom is -0.369 e. The number of nitrogens with one attached hydrogen (secondary N) is 1. The molecule has 3 N–H and O–H groups in total. The van der Waals surface area contributed by atoms with Gasteiger partial charge in [0, 0.05) is 5.69 Å². The fourth-order valence-electron chi connectivity index (χ4n) is 2.88. The van der Waals surface area contributed by atoms with Crippen LogP contribution in [0.2, 0.25) is 0 Å². The molecule has 0 fully saturated rings. The van der Waals surface area contributed by atoms with Crippen LogP contribution in [0.5, 0.6) is 0 Å². The Morgan fingerprint density at radius 2 is 1.50 bits per heavy atom. The number of benzene rings is 2. The van der Waals surface area contributed by atoms with Crippen LogP contribution in [0, 0.1) is 0 Å². The summed E-state index contributed by atoms with van der Waals surface area (Å²) in [4.78, 5) is -0.0813. The Morgan fingerprint density at radius 1 is 0.882 bits per heavy atom. The zero-order chi connectivity index (χ0) is 25.6. The summed E-state index contributed by atoms with van der Waals surface area (Å²) in [5, 5.41) is 11.1. The van der Waals surface area contributed by atoms with Crippen molar-refractivity contribution in [2.45, 2.75) is 31.6 Å². The van der Waals surface area contributed by atoms with E-state index >= 15 is 0 Å². The summed E-state index contributed by atoms with van der Waals surface area (Å²) in [6.45, 7) is 3.04. The molecule has 0 saturated carbocycles. The third-order valence-corrected chi connectivity index (χ3v) is 7.23. The molecule has 2 aromatic rings. The van der Waals surface area contributed by atoms with E-state index in [1.165, 1.54) is 24.3 Å². The fourth-order valence-corrected chi connectivity index (χ4v) is 4.70. The van der Waals surface area contributed by atoms with E-state index in [1.807, 2.05) is 13.8 Å². The molecule has 188 valence electrons. The Balaban J connectivity index is 2.21. The van der Waals surface area contributed by atoms with Crippen molar-refractivity contribution in [3.05, 3.63) is 47.5 Å². The molecule has 0 aromatic heterocycles. The molecule has 0 amide bonds. The van der Waals surface area contributed by atoms with Crippen LogP contribution in [-0.2, 0) is 47.4 Å². The van der Waals surface area contributed by atoms with E-state index in [9.17, 15) is 25.3 Å².